The molecule has 3 unspecified atom stereocenters. The zero-order chi connectivity index (χ0) is 28.7. The summed E-state index contributed by atoms with van der Waals surface area (Å²) in [5.74, 6) is 0.234. The summed E-state index contributed by atoms with van der Waals surface area (Å²) < 4.78 is 11.2. The van der Waals surface area contributed by atoms with E-state index in [-0.39, 0.29) is 35.9 Å². The maximum absolute atomic E-state index is 12.8. The Bertz CT molecular complexity index is 1210. The number of rotatable bonds is 6. The van der Waals surface area contributed by atoms with Crippen LogP contribution in [-0.2, 0) is 14.3 Å². The maximum Gasteiger partial charge on any atom is 0.343 e. The average molecular weight is 549 g/mol. The lowest BCUT2D eigenvalue weighted by molar-refractivity contribution is -0.156. The quantitative estimate of drug-likeness (QED) is 0.408. The maximum atomic E-state index is 12.8. The van der Waals surface area contributed by atoms with Crippen LogP contribution in [0, 0.1) is 22.7 Å². The molecule has 0 spiro atoms. The van der Waals surface area contributed by atoms with E-state index in [1.165, 1.54) is 0 Å². The molecule has 1 aromatic carbocycles. The van der Waals surface area contributed by atoms with Crippen LogP contribution >= 0.6 is 0 Å². The summed E-state index contributed by atoms with van der Waals surface area (Å²) in [6, 6.07) is 8.20. The highest BCUT2D eigenvalue weighted by Gasteiger charge is 2.59. The van der Waals surface area contributed by atoms with E-state index in [0.717, 1.165) is 42.8 Å². The van der Waals surface area contributed by atoms with Crippen LogP contribution in [0.25, 0.3) is 6.08 Å². The van der Waals surface area contributed by atoms with Crippen molar-refractivity contribution in [2.24, 2.45) is 22.7 Å². The van der Waals surface area contributed by atoms with Crippen molar-refractivity contribution in [3.05, 3.63) is 71.5 Å². The number of benzene rings is 1. The summed E-state index contributed by atoms with van der Waals surface area (Å²) in [7, 11) is 4.00. The van der Waals surface area contributed by atoms with Crippen LogP contribution in [0.15, 0.2) is 66.0 Å². The smallest absolute Gasteiger partial charge is 0.343 e. The van der Waals surface area contributed by atoms with Gasteiger partial charge in [-0.3, -0.25) is 4.90 Å². The number of carbonyl (C=O) groups excluding carboxylic acids is 1. The molecule has 7 nitrogen and oxygen atoms in total. The predicted molar refractivity (Wildman–Crippen MR) is 158 cm³/mol. The third kappa shape index (κ3) is 5.20. The van der Waals surface area contributed by atoms with Crippen molar-refractivity contribution in [2.45, 2.75) is 45.3 Å². The number of hydrogen-bond donors (Lipinski definition) is 2. The Morgan fingerprint density at radius 3 is 2.52 bits per heavy atom. The number of hydrogen-bond acceptors (Lipinski definition) is 7. The van der Waals surface area contributed by atoms with Crippen LogP contribution in [0.3, 0.4) is 0 Å². The van der Waals surface area contributed by atoms with Crippen molar-refractivity contribution in [3.8, 4) is 0 Å². The first-order valence-electron chi connectivity index (χ1n) is 14.5. The Morgan fingerprint density at radius 1 is 1.18 bits per heavy atom. The molecule has 0 bridgehead atoms. The van der Waals surface area contributed by atoms with Crippen molar-refractivity contribution in [1.29, 1.82) is 0 Å². The van der Waals surface area contributed by atoms with Gasteiger partial charge in [0.1, 0.15) is 5.76 Å². The number of cyclic esters (lactones) is 1. The summed E-state index contributed by atoms with van der Waals surface area (Å²) in [6.07, 6.45) is 9.44. The number of esters is 1. The third-order valence-corrected chi connectivity index (χ3v) is 10.1. The zero-order valence-electron chi connectivity index (χ0n) is 24.3. The normalized spacial score (nSPS) is 36.0. The van der Waals surface area contributed by atoms with Crippen molar-refractivity contribution in [3.63, 3.8) is 0 Å². The minimum absolute atomic E-state index is 0.0159. The number of aliphatic hydroxyl groups excluding tert-OH is 2. The van der Waals surface area contributed by atoms with Crippen molar-refractivity contribution in [2.75, 3.05) is 51.9 Å². The molecule has 2 aliphatic heterocycles. The Hall–Kier alpha value is -2.71. The molecule has 0 amide bonds. The molecule has 2 heterocycles. The molecule has 4 aliphatic rings. The summed E-state index contributed by atoms with van der Waals surface area (Å²) in [4.78, 5) is 17.3. The highest BCUT2D eigenvalue weighted by atomic mass is 16.5. The highest BCUT2D eigenvalue weighted by molar-refractivity contribution is 5.96. The van der Waals surface area contributed by atoms with E-state index in [1.807, 2.05) is 62.3 Å². The topological polar surface area (TPSA) is 82.5 Å². The van der Waals surface area contributed by atoms with Crippen molar-refractivity contribution >= 4 is 17.7 Å². The molecule has 2 N–H and O–H groups in total. The first-order valence-corrected chi connectivity index (χ1v) is 14.5. The van der Waals surface area contributed by atoms with Crippen molar-refractivity contribution < 1.29 is 24.5 Å². The first kappa shape index (κ1) is 28.8. The number of ether oxygens (including phenoxy) is 2. The van der Waals surface area contributed by atoms with Crippen LogP contribution in [0.4, 0.5) is 5.69 Å². The largest absolute Gasteiger partial charge is 0.423 e. The highest BCUT2D eigenvalue weighted by Crippen LogP contribution is 2.61. The molecule has 1 aromatic rings. The molecule has 216 valence electrons. The second-order valence-electron chi connectivity index (χ2n) is 12.6. The monoisotopic (exact) mass is 548 g/mol. The van der Waals surface area contributed by atoms with Gasteiger partial charge in [-0.15, -0.1) is 0 Å². The van der Waals surface area contributed by atoms with Gasteiger partial charge in [-0.2, -0.15) is 0 Å². The summed E-state index contributed by atoms with van der Waals surface area (Å²) >= 11 is 0. The van der Waals surface area contributed by atoms with Gasteiger partial charge in [0.25, 0.3) is 0 Å². The fourth-order valence-electron chi connectivity index (χ4n) is 7.51. The molecule has 2 saturated carbocycles. The summed E-state index contributed by atoms with van der Waals surface area (Å²) in [5.41, 5.74) is 2.91. The van der Waals surface area contributed by atoms with E-state index >= 15 is 0 Å². The molecular formula is C33H44N2O5. The zero-order valence-corrected chi connectivity index (χ0v) is 24.3. The Morgan fingerprint density at radius 2 is 1.88 bits per heavy atom. The molecule has 2 aliphatic carbocycles. The number of allylic oxidation sites excluding steroid dienone is 2. The summed E-state index contributed by atoms with van der Waals surface area (Å²) in [5, 5.41) is 21.6. The lowest BCUT2D eigenvalue weighted by Gasteiger charge is -2.62. The molecule has 6 atom stereocenters. The van der Waals surface area contributed by atoms with Gasteiger partial charge in [-0.25, -0.2) is 4.79 Å². The molecule has 0 aromatic heterocycles. The van der Waals surface area contributed by atoms with Crippen LogP contribution in [0.1, 0.15) is 38.7 Å². The van der Waals surface area contributed by atoms with Crippen LogP contribution < -0.4 is 4.90 Å². The molecule has 5 rings (SSSR count). The number of morpholine rings is 1. The lowest BCUT2D eigenvalue weighted by atomic mass is 9.45. The van der Waals surface area contributed by atoms with Gasteiger partial charge in [0.15, 0.2) is 0 Å². The molecule has 7 heteroatoms. The van der Waals surface area contributed by atoms with Gasteiger partial charge in [0, 0.05) is 50.2 Å². The van der Waals surface area contributed by atoms with Gasteiger partial charge < -0.3 is 24.6 Å². The van der Waals surface area contributed by atoms with E-state index in [4.69, 9.17) is 9.47 Å². The van der Waals surface area contributed by atoms with E-state index in [0.29, 0.717) is 31.0 Å². The number of fused-ring (bicyclic) bond motifs is 1. The molecule has 1 saturated heterocycles. The second kappa shape index (κ2) is 11.3. The third-order valence-electron chi connectivity index (χ3n) is 10.1. The number of anilines is 1. The van der Waals surface area contributed by atoms with Gasteiger partial charge >= 0.3 is 5.97 Å². The fraction of sp³-hybridized carbons (Fsp3) is 0.545. The second-order valence-corrected chi connectivity index (χ2v) is 12.6. The SMILES string of the molecule is C=C1C(N2CCOCC2)CC2[C@](C)(CC[C@@H](O)[C@@]2(C)CO)C1/C=C/C1=CC(=C\c2ccc(N(C)C)cc2)/OC1=O. The standard InChI is InChI=1S/C33H44N2O5/c1-22-27(11-8-24-19-26(40-31(24)38)18-23-6-9-25(10-7-23)34(4)5)32(2)13-12-30(37)33(3,21-36)29(32)20-28(22)35-14-16-39-17-15-35/h6-11,18-19,27-30,36-37H,1,12-17,20-21H2,2-5H3/b11-8+,26-18+/t27?,28?,29?,30-,32-,33+/m1/s1. The van der Waals surface area contributed by atoms with Crippen molar-refractivity contribution in [1.82, 2.24) is 4.90 Å². The van der Waals surface area contributed by atoms with Gasteiger partial charge in [-0.1, -0.05) is 50.3 Å². The summed E-state index contributed by atoms with van der Waals surface area (Å²) in [6.45, 7) is 11.9. The molecule has 3 fully saturated rings. The Balaban J connectivity index is 1.44. The number of nitrogens with zero attached hydrogens (tertiary/aromatic N) is 2. The molecular weight excluding hydrogens is 504 g/mol. The number of carbonyl (C=O) groups is 1. The van der Waals surface area contributed by atoms with Crippen LogP contribution in [0.2, 0.25) is 0 Å². The lowest BCUT2D eigenvalue weighted by Crippen LogP contribution is -2.61. The molecule has 0 radical (unpaired) electrons. The average Bonchev–Trinajstić information content (AvgIpc) is 3.29. The van der Waals surface area contributed by atoms with Gasteiger partial charge in [-0.05, 0) is 60.4 Å². The van der Waals surface area contributed by atoms with Crippen LogP contribution in [-0.4, -0.2) is 80.2 Å². The van der Waals surface area contributed by atoms with Gasteiger partial charge in [0.05, 0.1) is 31.5 Å². The minimum Gasteiger partial charge on any atom is -0.423 e. The minimum atomic E-state index is -0.603. The Kier molecular flexibility index (Phi) is 8.13. The first-order chi connectivity index (χ1) is 19.1. The van der Waals surface area contributed by atoms with E-state index in [9.17, 15) is 15.0 Å². The predicted octanol–water partition coefficient (Wildman–Crippen LogP) is 4.19. The Labute approximate surface area is 238 Å². The van der Waals surface area contributed by atoms with E-state index in [1.54, 1.807) is 6.08 Å². The van der Waals surface area contributed by atoms with E-state index in [2.05, 4.69) is 24.5 Å². The molecule has 40 heavy (non-hydrogen) atoms. The fourth-order valence-corrected chi connectivity index (χ4v) is 7.51. The van der Waals surface area contributed by atoms with Crippen LogP contribution in [0.5, 0.6) is 0 Å². The van der Waals surface area contributed by atoms with Gasteiger partial charge in [0.2, 0.25) is 0 Å². The number of aliphatic hydroxyl groups is 2. The van der Waals surface area contributed by atoms with E-state index < -0.39 is 11.5 Å².